The molecule has 1 aromatic carbocycles. The average Bonchev–Trinajstić information content (AvgIpc) is 3.35. The van der Waals surface area contributed by atoms with Crippen LogP contribution in [0.1, 0.15) is 51.4 Å². The summed E-state index contributed by atoms with van der Waals surface area (Å²) in [6, 6.07) is 6.76. The summed E-state index contributed by atoms with van der Waals surface area (Å²) in [5.41, 5.74) is 0.703. The lowest BCUT2D eigenvalue weighted by atomic mass is 9.91. The van der Waals surface area contributed by atoms with E-state index in [1.165, 1.54) is 37.8 Å². The van der Waals surface area contributed by atoms with Gasteiger partial charge in [0.1, 0.15) is 11.4 Å². The predicted octanol–water partition coefficient (Wildman–Crippen LogP) is 3.64. The minimum absolute atomic E-state index is 0.218. The molecule has 2 aliphatic heterocycles. The van der Waals surface area contributed by atoms with Gasteiger partial charge in [-0.25, -0.2) is 4.39 Å². The fraction of sp³-hybridized carbons (Fsp3) is 0.667. The number of carbonyl (C=O) groups is 1. The number of halogens is 1. The second kappa shape index (κ2) is 7.55. The normalized spacial score (nSPS) is 26.2. The molecule has 0 bridgehead atoms. The van der Waals surface area contributed by atoms with Gasteiger partial charge in [0.25, 0.3) is 0 Å². The molecule has 2 saturated heterocycles. The van der Waals surface area contributed by atoms with Crippen LogP contribution in [0.3, 0.4) is 0 Å². The van der Waals surface area contributed by atoms with Gasteiger partial charge in [-0.3, -0.25) is 9.69 Å². The van der Waals surface area contributed by atoms with Crippen molar-refractivity contribution >= 4 is 11.6 Å². The van der Waals surface area contributed by atoms with Crippen LogP contribution in [-0.2, 0) is 4.79 Å². The number of anilines is 1. The van der Waals surface area contributed by atoms with Crippen LogP contribution in [0.4, 0.5) is 10.1 Å². The Morgan fingerprint density at radius 2 is 1.69 bits per heavy atom. The zero-order valence-electron chi connectivity index (χ0n) is 15.6. The van der Waals surface area contributed by atoms with Crippen LogP contribution >= 0.6 is 0 Å². The van der Waals surface area contributed by atoms with Crippen molar-refractivity contribution in [3.8, 4) is 0 Å². The van der Waals surface area contributed by atoms with Gasteiger partial charge in [-0.05, 0) is 75.9 Å². The number of hydrogen-bond donors (Lipinski definition) is 1. The first kappa shape index (κ1) is 17.8. The van der Waals surface area contributed by atoms with Crippen LogP contribution in [0.15, 0.2) is 24.3 Å². The number of hydrogen-bond acceptors (Lipinski definition) is 3. The Morgan fingerprint density at radius 3 is 2.38 bits per heavy atom. The molecule has 2 heterocycles. The van der Waals surface area contributed by atoms with E-state index in [1.54, 1.807) is 12.1 Å². The summed E-state index contributed by atoms with van der Waals surface area (Å²) in [7, 11) is 0. The number of piperidine rings is 1. The third kappa shape index (κ3) is 3.46. The predicted molar refractivity (Wildman–Crippen MR) is 102 cm³/mol. The van der Waals surface area contributed by atoms with Crippen molar-refractivity contribution in [1.82, 2.24) is 9.80 Å². The highest BCUT2D eigenvalue weighted by atomic mass is 19.1. The standard InChI is InChI=1S/C21H30FN3O/c22-17-7-9-18(10-8-17)23-19-6-5-13-24(16-19)20(26)21(11-1-2-12-21)25-14-3-4-15-25/h7-10,19,23H,1-6,11-16H2/t19-/m1/s1. The lowest BCUT2D eigenvalue weighted by Crippen LogP contribution is -2.59. The summed E-state index contributed by atoms with van der Waals surface area (Å²) in [6.07, 6.45) is 8.93. The van der Waals surface area contributed by atoms with Crippen molar-refractivity contribution in [2.24, 2.45) is 0 Å². The monoisotopic (exact) mass is 359 g/mol. The molecule has 26 heavy (non-hydrogen) atoms. The summed E-state index contributed by atoms with van der Waals surface area (Å²) >= 11 is 0. The van der Waals surface area contributed by atoms with Crippen molar-refractivity contribution in [1.29, 1.82) is 0 Å². The molecule has 4 rings (SSSR count). The van der Waals surface area contributed by atoms with Crippen LogP contribution < -0.4 is 5.32 Å². The molecule has 0 aromatic heterocycles. The Morgan fingerprint density at radius 1 is 1.00 bits per heavy atom. The van der Waals surface area contributed by atoms with Gasteiger partial charge in [0.2, 0.25) is 5.91 Å². The van der Waals surface area contributed by atoms with Crippen molar-refractivity contribution in [3.63, 3.8) is 0 Å². The third-order valence-electron chi connectivity index (χ3n) is 6.46. The molecule has 1 atom stereocenters. The zero-order valence-corrected chi connectivity index (χ0v) is 15.6. The highest BCUT2D eigenvalue weighted by Gasteiger charge is 2.49. The van der Waals surface area contributed by atoms with E-state index in [9.17, 15) is 9.18 Å². The van der Waals surface area contributed by atoms with E-state index in [0.29, 0.717) is 5.91 Å². The third-order valence-corrected chi connectivity index (χ3v) is 6.46. The van der Waals surface area contributed by atoms with E-state index in [-0.39, 0.29) is 17.4 Å². The number of carbonyl (C=O) groups excluding carboxylic acids is 1. The molecule has 0 unspecified atom stereocenters. The second-order valence-corrected chi connectivity index (χ2v) is 8.17. The van der Waals surface area contributed by atoms with Crippen LogP contribution in [0.5, 0.6) is 0 Å². The molecule has 142 valence electrons. The van der Waals surface area contributed by atoms with E-state index < -0.39 is 0 Å². The van der Waals surface area contributed by atoms with E-state index in [4.69, 9.17) is 0 Å². The smallest absolute Gasteiger partial charge is 0.243 e. The largest absolute Gasteiger partial charge is 0.381 e. The minimum atomic E-state index is -0.228. The maximum Gasteiger partial charge on any atom is 0.243 e. The first-order chi connectivity index (χ1) is 12.7. The second-order valence-electron chi connectivity index (χ2n) is 8.17. The fourth-order valence-corrected chi connectivity index (χ4v) is 5.13. The van der Waals surface area contributed by atoms with Crippen molar-refractivity contribution < 1.29 is 9.18 Å². The summed E-state index contributed by atoms with van der Waals surface area (Å²) in [4.78, 5) is 18.1. The maximum atomic E-state index is 13.6. The van der Waals surface area contributed by atoms with Crippen LogP contribution in [0.25, 0.3) is 0 Å². The molecular weight excluding hydrogens is 329 g/mol. The quantitative estimate of drug-likeness (QED) is 0.892. The van der Waals surface area contributed by atoms with Gasteiger partial charge in [0.05, 0.1) is 0 Å². The Hall–Kier alpha value is -1.62. The number of amides is 1. The molecule has 1 aromatic rings. The highest BCUT2D eigenvalue weighted by Crippen LogP contribution is 2.39. The molecule has 4 nitrogen and oxygen atoms in total. The van der Waals surface area contributed by atoms with Gasteiger partial charge in [0.15, 0.2) is 0 Å². The van der Waals surface area contributed by atoms with Crippen molar-refractivity contribution in [2.75, 3.05) is 31.5 Å². The first-order valence-corrected chi connectivity index (χ1v) is 10.2. The van der Waals surface area contributed by atoms with Crippen molar-refractivity contribution in [3.05, 3.63) is 30.1 Å². The number of nitrogens with one attached hydrogen (secondary N) is 1. The summed E-state index contributed by atoms with van der Waals surface area (Å²) in [5.74, 6) is 0.146. The lowest BCUT2D eigenvalue weighted by Gasteiger charge is -2.43. The fourth-order valence-electron chi connectivity index (χ4n) is 5.13. The molecule has 1 saturated carbocycles. The molecule has 1 N–H and O–H groups in total. The molecule has 5 heteroatoms. The summed E-state index contributed by atoms with van der Waals surface area (Å²) in [6.45, 7) is 3.79. The van der Waals surface area contributed by atoms with E-state index in [2.05, 4.69) is 15.1 Å². The van der Waals surface area contributed by atoms with Gasteiger partial charge in [-0.15, -0.1) is 0 Å². The molecule has 3 fully saturated rings. The van der Waals surface area contributed by atoms with Crippen LogP contribution in [0.2, 0.25) is 0 Å². The van der Waals surface area contributed by atoms with E-state index in [1.807, 2.05) is 0 Å². The minimum Gasteiger partial charge on any atom is -0.381 e. The molecule has 1 aliphatic carbocycles. The van der Waals surface area contributed by atoms with E-state index >= 15 is 0 Å². The van der Waals surface area contributed by atoms with Crippen LogP contribution in [0, 0.1) is 5.82 Å². The number of nitrogens with zero attached hydrogens (tertiary/aromatic N) is 2. The van der Waals surface area contributed by atoms with Gasteiger partial charge < -0.3 is 10.2 Å². The number of rotatable bonds is 4. The van der Waals surface area contributed by atoms with Crippen LogP contribution in [-0.4, -0.2) is 53.5 Å². The first-order valence-electron chi connectivity index (χ1n) is 10.2. The summed E-state index contributed by atoms with van der Waals surface area (Å²) in [5, 5.41) is 3.49. The average molecular weight is 359 g/mol. The summed E-state index contributed by atoms with van der Waals surface area (Å²) < 4.78 is 13.1. The molecule has 0 radical (unpaired) electrons. The topological polar surface area (TPSA) is 35.6 Å². The Labute approximate surface area is 155 Å². The maximum absolute atomic E-state index is 13.6. The Bertz CT molecular complexity index is 621. The molecule has 1 amide bonds. The molecule has 3 aliphatic rings. The number of benzene rings is 1. The van der Waals surface area contributed by atoms with Gasteiger partial charge >= 0.3 is 0 Å². The van der Waals surface area contributed by atoms with Crippen molar-refractivity contribution in [2.45, 2.75) is 62.9 Å². The highest BCUT2D eigenvalue weighted by molar-refractivity contribution is 5.87. The van der Waals surface area contributed by atoms with E-state index in [0.717, 1.165) is 57.5 Å². The number of likely N-dealkylation sites (tertiary alicyclic amines) is 2. The lowest BCUT2D eigenvalue weighted by molar-refractivity contribution is -0.145. The SMILES string of the molecule is O=C(N1CCC[C@@H](Nc2ccc(F)cc2)C1)C1(N2CCCC2)CCCC1. The van der Waals surface area contributed by atoms with Gasteiger partial charge in [-0.2, -0.15) is 0 Å². The van der Waals surface area contributed by atoms with Gasteiger partial charge in [-0.1, -0.05) is 12.8 Å². The molecule has 0 spiro atoms. The van der Waals surface area contributed by atoms with Gasteiger partial charge in [0, 0.05) is 24.8 Å². The molecular formula is C21H30FN3O. The Balaban J connectivity index is 1.44. The zero-order chi connectivity index (χ0) is 18.0. The Kier molecular flexibility index (Phi) is 5.16.